The topological polar surface area (TPSA) is 54.9 Å². The van der Waals surface area contributed by atoms with Crippen molar-refractivity contribution in [1.29, 1.82) is 0 Å². The van der Waals surface area contributed by atoms with Crippen LogP contribution in [0.3, 0.4) is 0 Å². The molecule has 1 fully saturated rings. The Kier molecular flexibility index (Phi) is 4.49. The third-order valence-corrected chi connectivity index (χ3v) is 5.87. The summed E-state index contributed by atoms with van der Waals surface area (Å²) in [7, 11) is 0. The van der Waals surface area contributed by atoms with Crippen molar-refractivity contribution in [3.05, 3.63) is 40.0 Å². The Labute approximate surface area is 138 Å². The van der Waals surface area contributed by atoms with Gasteiger partial charge >= 0.3 is 0 Å². The van der Waals surface area contributed by atoms with Crippen LogP contribution in [0.2, 0.25) is 0 Å². The quantitative estimate of drug-likeness (QED) is 0.866. The predicted molar refractivity (Wildman–Crippen MR) is 90.5 cm³/mol. The fourth-order valence-electron chi connectivity index (χ4n) is 2.87. The average Bonchev–Trinajstić information content (AvgIpc) is 3.17. The van der Waals surface area contributed by atoms with E-state index < -0.39 is 0 Å². The Hall–Kier alpha value is -1.40. The molecule has 6 heteroatoms. The molecule has 0 aliphatic heterocycles. The molecule has 2 aromatic heterocycles. The normalized spacial score (nSPS) is 16.6. The molecule has 1 amide bonds. The van der Waals surface area contributed by atoms with Gasteiger partial charge in [0, 0.05) is 17.3 Å². The van der Waals surface area contributed by atoms with Crippen LogP contribution < -0.4 is 5.32 Å². The van der Waals surface area contributed by atoms with Gasteiger partial charge in [0.15, 0.2) is 0 Å². The zero-order valence-corrected chi connectivity index (χ0v) is 14.4. The van der Waals surface area contributed by atoms with E-state index in [4.69, 9.17) is 0 Å². The number of carbonyl (C=O) groups is 1. The van der Waals surface area contributed by atoms with Crippen molar-refractivity contribution >= 4 is 29.0 Å². The maximum Gasteiger partial charge on any atom is 0.253 e. The summed E-state index contributed by atoms with van der Waals surface area (Å²) >= 11 is 3.21. The van der Waals surface area contributed by atoms with Gasteiger partial charge < -0.3 is 5.32 Å². The molecule has 2 aromatic rings. The highest BCUT2D eigenvalue weighted by Crippen LogP contribution is 2.40. The first-order valence-corrected chi connectivity index (χ1v) is 9.48. The van der Waals surface area contributed by atoms with Crippen LogP contribution in [0.15, 0.2) is 28.7 Å². The summed E-state index contributed by atoms with van der Waals surface area (Å²) in [5.74, 6) is -0.0603. The van der Waals surface area contributed by atoms with Crippen molar-refractivity contribution < 1.29 is 4.79 Å². The number of hydrogen-bond donors (Lipinski definition) is 1. The molecule has 1 aliphatic rings. The predicted octanol–water partition coefficient (Wildman–Crippen LogP) is 3.77. The summed E-state index contributed by atoms with van der Waals surface area (Å²) in [4.78, 5) is 21.5. The van der Waals surface area contributed by atoms with E-state index in [0.717, 1.165) is 41.4 Å². The number of aryl methyl sites for hydroxylation is 1. The Bertz CT molecular complexity index is 660. The van der Waals surface area contributed by atoms with E-state index in [2.05, 4.69) is 20.7 Å². The molecule has 0 unspecified atom stereocenters. The number of thiazole rings is 1. The summed E-state index contributed by atoms with van der Waals surface area (Å²) < 4.78 is 0. The van der Waals surface area contributed by atoms with Gasteiger partial charge in [0.25, 0.3) is 5.91 Å². The number of rotatable bonds is 4. The van der Waals surface area contributed by atoms with Crippen molar-refractivity contribution in [2.75, 3.05) is 6.26 Å². The molecule has 0 radical (unpaired) electrons. The van der Waals surface area contributed by atoms with Gasteiger partial charge in [0.1, 0.15) is 5.01 Å². The van der Waals surface area contributed by atoms with Crippen LogP contribution in [-0.4, -0.2) is 22.1 Å². The Morgan fingerprint density at radius 2 is 2.14 bits per heavy atom. The second kappa shape index (κ2) is 6.38. The molecule has 22 heavy (non-hydrogen) atoms. The Morgan fingerprint density at radius 3 is 2.68 bits per heavy atom. The van der Waals surface area contributed by atoms with E-state index in [0.29, 0.717) is 5.56 Å². The summed E-state index contributed by atoms with van der Waals surface area (Å²) in [5.41, 5.74) is 1.33. The van der Waals surface area contributed by atoms with Gasteiger partial charge in [-0.15, -0.1) is 23.1 Å². The number of nitrogens with zero attached hydrogens (tertiary/aromatic N) is 2. The van der Waals surface area contributed by atoms with Crippen LogP contribution >= 0.6 is 23.1 Å². The molecule has 1 N–H and O–H groups in total. The van der Waals surface area contributed by atoms with Gasteiger partial charge in [-0.25, -0.2) is 9.97 Å². The Morgan fingerprint density at radius 1 is 1.36 bits per heavy atom. The lowest BCUT2D eigenvalue weighted by molar-refractivity contribution is 0.0897. The molecule has 0 bridgehead atoms. The molecular formula is C16H19N3OS2. The van der Waals surface area contributed by atoms with Gasteiger partial charge in [-0.3, -0.25) is 4.79 Å². The molecule has 0 spiro atoms. The fraction of sp³-hybridized carbons (Fsp3) is 0.438. The van der Waals surface area contributed by atoms with Gasteiger partial charge in [-0.1, -0.05) is 12.8 Å². The second-order valence-electron chi connectivity index (χ2n) is 5.63. The van der Waals surface area contributed by atoms with Crippen molar-refractivity contribution in [2.45, 2.75) is 43.2 Å². The summed E-state index contributed by atoms with van der Waals surface area (Å²) in [6.07, 6.45) is 7.80. The minimum Gasteiger partial charge on any atom is -0.340 e. The minimum absolute atomic E-state index is 0.0603. The van der Waals surface area contributed by atoms with Crippen LogP contribution in [0.4, 0.5) is 0 Å². The number of thioether (sulfide) groups is 1. The minimum atomic E-state index is -0.297. The molecule has 3 rings (SSSR count). The lowest BCUT2D eigenvalue weighted by Gasteiger charge is -2.28. The van der Waals surface area contributed by atoms with E-state index in [1.807, 2.05) is 25.3 Å². The zero-order valence-electron chi connectivity index (χ0n) is 12.8. The lowest BCUT2D eigenvalue weighted by atomic mass is 9.98. The van der Waals surface area contributed by atoms with Crippen molar-refractivity contribution in [2.24, 2.45) is 0 Å². The number of amides is 1. The first kappa shape index (κ1) is 15.5. The summed E-state index contributed by atoms with van der Waals surface area (Å²) in [6, 6.07) is 3.72. The molecule has 4 nitrogen and oxygen atoms in total. The highest BCUT2D eigenvalue weighted by Gasteiger charge is 2.39. The SMILES string of the molecule is CSc1ccc(C(=O)NC2(c3nc(C)cs3)CCCC2)cn1. The van der Waals surface area contributed by atoms with E-state index in [1.165, 1.54) is 0 Å². The highest BCUT2D eigenvalue weighted by atomic mass is 32.2. The largest absolute Gasteiger partial charge is 0.340 e. The van der Waals surface area contributed by atoms with Crippen molar-refractivity contribution in [3.63, 3.8) is 0 Å². The summed E-state index contributed by atoms with van der Waals surface area (Å²) in [5, 5.41) is 7.24. The molecule has 0 aromatic carbocycles. The van der Waals surface area contributed by atoms with Crippen LogP contribution in [0.1, 0.15) is 46.7 Å². The highest BCUT2D eigenvalue weighted by molar-refractivity contribution is 7.98. The molecule has 0 atom stereocenters. The van der Waals surface area contributed by atoms with Gasteiger partial charge in [0.2, 0.25) is 0 Å². The van der Waals surface area contributed by atoms with Crippen molar-refractivity contribution in [1.82, 2.24) is 15.3 Å². The molecule has 0 saturated heterocycles. The molecule has 1 saturated carbocycles. The molecule has 116 valence electrons. The summed E-state index contributed by atoms with van der Waals surface area (Å²) in [6.45, 7) is 2.00. The van der Waals surface area contributed by atoms with E-state index in [9.17, 15) is 4.79 Å². The van der Waals surface area contributed by atoms with E-state index in [-0.39, 0.29) is 11.4 Å². The van der Waals surface area contributed by atoms with E-state index in [1.54, 1.807) is 29.3 Å². The molecule has 2 heterocycles. The maximum atomic E-state index is 12.6. The number of pyridine rings is 1. The number of carbonyl (C=O) groups excluding carboxylic acids is 1. The third kappa shape index (κ3) is 3.03. The van der Waals surface area contributed by atoms with Crippen LogP contribution in [0.25, 0.3) is 0 Å². The van der Waals surface area contributed by atoms with Gasteiger partial charge in [-0.2, -0.15) is 0 Å². The fourth-order valence-corrected chi connectivity index (χ4v) is 4.24. The number of hydrogen-bond acceptors (Lipinski definition) is 5. The van der Waals surface area contributed by atoms with E-state index >= 15 is 0 Å². The Balaban J connectivity index is 1.83. The second-order valence-corrected chi connectivity index (χ2v) is 7.31. The smallest absolute Gasteiger partial charge is 0.253 e. The van der Waals surface area contributed by atoms with Crippen LogP contribution in [-0.2, 0) is 5.54 Å². The first-order valence-electron chi connectivity index (χ1n) is 7.38. The number of nitrogens with one attached hydrogen (secondary N) is 1. The lowest BCUT2D eigenvalue weighted by Crippen LogP contribution is -2.43. The maximum absolute atomic E-state index is 12.6. The third-order valence-electron chi connectivity index (χ3n) is 4.05. The zero-order chi connectivity index (χ0) is 15.6. The van der Waals surface area contributed by atoms with Crippen LogP contribution in [0, 0.1) is 6.92 Å². The number of aromatic nitrogens is 2. The first-order chi connectivity index (χ1) is 10.6. The molecule has 1 aliphatic carbocycles. The van der Waals surface area contributed by atoms with Crippen molar-refractivity contribution in [3.8, 4) is 0 Å². The standard InChI is InChI=1S/C16H19N3OS2/c1-11-10-22-15(18-11)16(7-3-4-8-16)19-14(20)12-5-6-13(21-2)17-9-12/h5-6,9-10H,3-4,7-8H2,1-2H3,(H,19,20). The van der Waals surface area contributed by atoms with Gasteiger partial charge in [0.05, 0.1) is 16.1 Å². The average molecular weight is 333 g/mol. The molecular weight excluding hydrogens is 314 g/mol. The van der Waals surface area contributed by atoms with Gasteiger partial charge in [-0.05, 0) is 38.2 Å². The monoisotopic (exact) mass is 333 g/mol. The van der Waals surface area contributed by atoms with Crippen LogP contribution in [0.5, 0.6) is 0 Å².